The van der Waals surface area contributed by atoms with E-state index in [9.17, 15) is 9.59 Å². The fourth-order valence-electron chi connectivity index (χ4n) is 1.46. The molecule has 0 saturated carbocycles. The van der Waals surface area contributed by atoms with Crippen molar-refractivity contribution in [2.45, 2.75) is 0 Å². The standard InChI is InChI=1S/C11H9BrN2O3/c1-17-9-3-2-6(4-7(9)12)8-5-10(15)14-11(16)13-8/h2-5H,1H3,(H2,13,14,15,16). The molecule has 88 valence electrons. The molecule has 0 amide bonds. The molecule has 0 atom stereocenters. The monoisotopic (exact) mass is 296 g/mol. The highest BCUT2D eigenvalue weighted by Gasteiger charge is 2.05. The van der Waals surface area contributed by atoms with Gasteiger partial charge in [0, 0.05) is 6.07 Å². The van der Waals surface area contributed by atoms with Gasteiger partial charge < -0.3 is 9.72 Å². The second-order valence-corrected chi connectivity index (χ2v) is 4.21. The molecule has 0 spiro atoms. The molecule has 0 radical (unpaired) electrons. The molecule has 0 fully saturated rings. The van der Waals surface area contributed by atoms with Gasteiger partial charge >= 0.3 is 5.69 Å². The van der Waals surface area contributed by atoms with Crippen LogP contribution in [0.4, 0.5) is 0 Å². The van der Waals surface area contributed by atoms with Gasteiger partial charge in [-0.2, -0.15) is 0 Å². The molecule has 0 aliphatic heterocycles. The van der Waals surface area contributed by atoms with Gasteiger partial charge in [-0.3, -0.25) is 9.78 Å². The summed E-state index contributed by atoms with van der Waals surface area (Å²) < 4.78 is 5.85. The van der Waals surface area contributed by atoms with Gasteiger partial charge in [0.25, 0.3) is 5.56 Å². The highest BCUT2D eigenvalue weighted by atomic mass is 79.9. The summed E-state index contributed by atoms with van der Waals surface area (Å²) in [5.74, 6) is 0.681. The Morgan fingerprint density at radius 2 is 1.94 bits per heavy atom. The Labute approximate surface area is 105 Å². The van der Waals surface area contributed by atoms with E-state index in [-0.39, 0.29) is 0 Å². The summed E-state index contributed by atoms with van der Waals surface area (Å²) in [7, 11) is 1.56. The van der Waals surface area contributed by atoms with Crippen molar-refractivity contribution in [3.8, 4) is 17.0 Å². The summed E-state index contributed by atoms with van der Waals surface area (Å²) in [4.78, 5) is 27.0. The lowest BCUT2D eigenvalue weighted by atomic mass is 10.1. The minimum atomic E-state index is -0.528. The first-order valence-corrected chi connectivity index (χ1v) is 5.57. The molecule has 0 aliphatic carbocycles. The van der Waals surface area contributed by atoms with Crippen LogP contribution in [0.1, 0.15) is 0 Å². The number of methoxy groups -OCH3 is 1. The third-order valence-electron chi connectivity index (χ3n) is 2.22. The van der Waals surface area contributed by atoms with Gasteiger partial charge in [0.1, 0.15) is 5.75 Å². The highest BCUT2D eigenvalue weighted by molar-refractivity contribution is 9.10. The van der Waals surface area contributed by atoms with Crippen molar-refractivity contribution in [3.05, 3.63) is 49.6 Å². The van der Waals surface area contributed by atoms with E-state index < -0.39 is 11.2 Å². The lowest BCUT2D eigenvalue weighted by Crippen LogP contribution is -2.21. The lowest BCUT2D eigenvalue weighted by Gasteiger charge is -2.05. The highest BCUT2D eigenvalue weighted by Crippen LogP contribution is 2.28. The molecule has 1 heterocycles. The zero-order chi connectivity index (χ0) is 12.4. The van der Waals surface area contributed by atoms with Crippen molar-refractivity contribution in [1.29, 1.82) is 0 Å². The van der Waals surface area contributed by atoms with Crippen LogP contribution < -0.4 is 16.0 Å². The maximum atomic E-state index is 11.2. The van der Waals surface area contributed by atoms with E-state index in [0.717, 1.165) is 10.0 Å². The molecular weight excluding hydrogens is 288 g/mol. The average Bonchev–Trinajstić information content (AvgIpc) is 2.27. The number of benzene rings is 1. The predicted molar refractivity (Wildman–Crippen MR) is 67.4 cm³/mol. The van der Waals surface area contributed by atoms with E-state index in [2.05, 4.69) is 25.9 Å². The van der Waals surface area contributed by atoms with E-state index >= 15 is 0 Å². The molecule has 0 unspecified atom stereocenters. The smallest absolute Gasteiger partial charge is 0.326 e. The fraction of sp³-hybridized carbons (Fsp3) is 0.0909. The van der Waals surface area contributed by atoms with Crippen LogP contribution in [0.3, 0.4) is 0 Å². The van der Waals surface area contributed by atoms with E-state index in [4.69, 9.17) is 4.74 Å². The fourth-order valence-corrected chi connectivity index (χ4v) is 2.00. The Bertz CT molecular complexity index is 632. The van der Waals surface area contributed by atoms with E-state index in [1.807, 2.05) is 0 Å². The Kier molecular flexibility index (Phi) is 3.14. The number of H-pyrrole nitrogens is 2. The molecular formula is C11H9BrN2O3. The summed E-state index contributed by atoms with van der Waals surface area (Å²) in [5.41, 5.74) is 0.220. The molecule has 5 nitrogen and oxygen atoms in total. The van der Waals surface area contributed by atoms with Crippen LogP contribution in [-0.2, 0) is 0 Å². The van der Waals surface area contributed by atoms with E-state index in [0.29, 0.717) is 11.4 Å². The Hall–Kier alpha value is -1.82. The lowest BCUT2D eigenvalue weighted by molar-refractivity contribution is 0.412. The Morgan fingerprint density at radius 3 is 2.53 bits per heavy atom. The number of aromatic amines is 2. The number of aromatic nitrogens is 2. The Morgan fingerprint density at radius 1 is 1.18 bits per heavy atom. The molecule has 2 N–H and O–H groups in total. The van der Waals surface area contributed by atoms with Gasteiger partial charge in [-0.25, -0.2) is 4.79 Å². The van der Waals surface area contributed by atoms with Crippen molar-refractivity contribution < 1.29 is 4.74 Å². The van der Waals surface area contributed by atoms with Gasteiger partial charge in [-0.15, -0.1) is 0 Å². The number of hydrogen-bond acceptors (Lipinski definition) is 3. The first-order valence-electron chi connectivity index (χ1n) is 4.77. The van der Waals surface area contributed by atoms with Crippen LogP contribution in [0.5, 0.6) is 5.75 Å². The summed E-state index contributed by atoms with van der Waals surface area (Å²) in [5, 5.41) is 0. The van der Waals surface area contributed by atoms with Crippen LogP contribution in [0.15, 0.2) is 38.3 Å². The van der Waals surface area contributed by atoms with Gasteiger partial charge in [-0.05, 0) is 39.7 Å². The van der Waals surface area contributed by atoms with Gasteiger partial charge in [0.15, 0.2) is 0 Å². The van der Waals surface area contributed by atoms with Crippen LogP contribution >= 0.6 is 15.9 Å². The van der Waals surface area contributed by atoms with Crippen LogP contribution in [0.25, 0.3) is 11.3 Å². The van der Waals surface area contributed by atoms with Crippen LogP contribution in [0, 0.1) is 0 Å². The second kappa shape index (κ2) is 4.58. The zero-order valence-electron chi connectivity index (χ0n) is 8.91. The second-order valence-electron chi connectivity index (χ2n) is 3.35. The minimum absolute atomic E-state index is 0.435. The minimum Gasteiger partial charge on any atom is -0.496 e. The van der Waals surface area contributed by atoms with Crippen molar-refractivity contribution in [3.63, 3.8) is 0 Å². The Balaban J connectivity index is 2.57. The van der Waals surface area contributed by atoms with Crippen LogP contribution in [-0.4, -0.2) is 17.1 Å². The summed E-state index contributed by atoms with van der Waals surface area (Å²) in [6.07, 6.45) is 0. The van der Waals surface area contributed by atoms with Gasteiger partial charge in [0.2, 0.25) is 0 Å². The summed E-state index contributed by atoms with van der Waals surface area (Å²) in [6.45, 7) is 0. The first-order chi connectivity index (χ1) is 8.10. The van der Waals surface area contributed by atoms with Gasteiger partial charge in [0.05, 0.1) is 17.3 Å². The zero-order valence-corrected chi connectivity index (χ0v) is 10.5. The molecule has 0 aliphatic rings. The maximum Gasteiger partial charge on any atom is 0.326 e. The molecule has 6 heteroatoms. The number of rotatable bonds is 2. The van der Waals surface area contributed by atoms with Crippen molar-refractivity contribution in [1.82, 2.24) is 9.97 Å². The first kappa shape index (κ1) is 11.7. The van der Waals surface area contributed by atoms with Crippen molar-refractivity contribution >= 4 is 15.9 Å². The van der Waals surface area contributed by atoms with Crippen molar-refractivity contribution in [2.75, 3.05) is 7.11 Å². The van der Waals surface area contributed by atoms with Crippen LogP contribution in [0.2, 0.25) is 0 Å². The normalized spacial score (nSPS) is 10.2. The number of ether oxygens (including phenoxy) is 1. The van der Waals surface area contributed by atoms with Crippen molar-refractivity contribution in [2.24, 2.45) is 0 Å². The van der Waals surface area contributed by atoms with E-state index in [1.54, 1.807) is 25.3 Å². The molecule has 2 rings (SSSR count). The quantitative estimate of drug-likeness (QED) is 0.882. The molecule has 1 aromatic carbocycles. The molecule has 2 aromatic rings. The molecule has 0 saturated heterocycles. The number of nitrogens with one attached hydrogen (secondary N) is 2. The average molecular weight is 297 g/mol. The predicted octanol–water partition coefficient (Wildman–Crippen LogP) is 1.50. The summed E-state index contributed by atoms with van der Waals surface area (Å²) >= 11 is 3.34. The SMILES string of the molecule is COc1ccc(-c2cc(=O)[nH]c(=O)[nH]2)cc1Br. The maximum absolute atomic E-state index is 11.2. The summed E-state index contributed by atoms with van der Waals surface area (Å²) in [6, 6.07) is 6.60. The number of halogens is 1. The molecule has 0 bridgehead atoms. The third-order valence-corrected chi connectivity index (χ3v) is 2.84. The largest absolute Gasteiger partial charge is 0.496 e. The topological polar surface area (TPSA) is 75.0 Å². The third kappa shape index (κ3) is 2.47. The molecule has 17 heavy (non-hydrogen) atoms. The number of hydrogen-bond donors (Lipinski definition) is 2. The molecule has 1 aromatic heterocycles. The van der Waals surface area contributed by atoms with E-state index in [1.165, 1.54) is 6.07 Å². The van der Waals surface area contributed by atoms with Gasteiger partial charge in [-0.1, -0.05) is 0 Å².